The molecule has 0 bridgehead atoms. The molecule has 1 saturated carbocycles. The molecule has 0 aromatic carbocycles. The van der Waals surface area contributed by atoms with Gasteiger partial charge >= 0.3 is 6.03 Å². The van der Waals surface area contributed by atoms with Crippen molar-refractivity contribution in [2.75, 3.05) is 12.4 Å². The lowest BCUT2D eigenvalue weighted by Gasteiger charge is -2.22. The Hall–Kier alpha value is -0.840. The molecule has 1 rings (SSSR count). The van der Waals surface area contributed by atoms with Crippen molar-refractivity contribution in [1.82, 2.24) is 10.3 Å². The van der Waals surface area contributed by atoms with Crippen LogP contribution < -0.4 is 5.32 Å². The molecule has 0 aromatic rings. The second kappa shape index (κ2) is 10.0. The van der Waals surface area contributed by atoms with Gasteiger partial charge in [-0.2, -0.15) is 5.01 Å². The van der Waals surface area contributed by atoms with Gasteiger partial charge in [0, 0.05) is 11.9 Å². The number of nitroso groups, excluding NO2 is 1. The van der Waals surface area contributed by atoms with Crippen LogP contribution in [0.5, 0.6) is 0 Å². The van der Waals surface area contributed by atoms with Crippen LogP contribution in [0.1, 0.15) is 57.8 Å². The second-order valence-corrected chi connectivity index (χ2v) is 5.47. The van der Waals surface area contributed by atoms with Gasteiger partial charge in [0.2, 0.25) is 0 Å². The molecule has 5 nitrogen and oxygen atoms in total. The number of nitrogens with one attached hydrogen (secondary N) is 1. The van der Waals surface area contributed by atoms with Gasteiger partial charge in [-0.25, -0.2) is 4.79 Å². The summed E-state index contributed by atoms with van der Waals surface area (Å²) in [5.74, 6) is 0.212. The Bertz CT molecular complexity index is 267. The molecular weight excluding hydrogens is 266 g/mol. The first-order valence-electron chi connectivity index (χ1n) is 7.25. The molecule has 6 heteroatoms. The standard InChI is InChI=1S/C13H24ClN3O2/c14-10-11-17(16-19)13(18)15-12-8-6-4-2-1-3-5-7-9-12/h12H,1-11H2,(H,15,18). The molecule has 0 radical (unpaired) electrons. The van der Waals surface area contributed by atoms with E-state index in [9.17, 15) is 9.70 Å². The van der Waals surface area contributed by atoms with E-state index in [1.165, 1.54) is 32.1 Å². The van der Waals surface area contributed by atoms with Crippen LogP contribution in [0.3, 0.4) is 0 Å². The number of urea groups is 1. The van der Waals surface area contributed by atoms with Gasteiger partial charge in [-0.05, 0) is 12.8 Å². The zero-order valence-corrected chi connectivity index (χ0v) is 12.2. The minimum atomic E-state index is -0.419. The average molecular weight is 290 g/mol. The van der Waals surface area contributed by atoms with E-state index in [0.717, 1.165) is 30.7 Å². The fraction of sp³-hybridized carbons (Fsp3) is 0.923. The summed E-state index contributed by atoms with van der Waals surface area (Å²) < 4.78 is 0. The van der Waals surface area contributed by atoms with Crippen LogP contribution >= 0.6 is 11.6 Å². The largest absolute Gasteiger partial charge is 0.340 e. The number of hydrogen-bond donors (Lipinski definition) is 1. The number of carbonyl (C=O) groups is 1. The van der Waals surface area contributed by atoms with Gasteiger partial charge in [0.1, 0.15) is 0 Å². The summed E-state index contributed by atoms with van der Waals surface area (Å²) in [6, 6.07) is -0.261. The maximum atomic E-state index is 11.8. The van der Waals surface area contributed by atoms with Gasteiger partial charge in [-0.1, -0.05) is 44.9 Å². The summed E-state index contributed by atoms with van der Waals surface area (Å²) in [5, 5.41) is 6.48. The summed E-state index contributed by atoms with van der Waals surface area (Å²) in [5.41, 5.74) is 0. The lowest BCUT2D eigenvalue weighted by Crippen LogP contribution is -2.43. The smallest absolute Gasteiger partial charge is 0.334 e. The second-order valence-electron chi connectivity index (χ2n) is 5.09. The molecule has 0 aromatic heterocycles. The predicted molar refractivity (Wildman–Crippen MR) is 77.1 cm³/mol. The van der Waals surface area contributed by atoms with Crippen LogP contribution in [0.25, 0.3) is 0 Å². The minimum Gasteiger partial charge on any atom is -0.334 e. The van der Waals surface area contributed by atoms with E-state index in [2.05, 4.69) is 10.6 Å². The molecule has 1 aliphatic rings. The first-order chi connectivity index (χ1) is 9.27. The molecule has 1 aliphatic carbocycles. The molecule has 0 heterocycles. The van der Waals surface area contributed by atoms with Crippen LogP contribution in [0, 0.1) is 4.91 Å². The van der Waals surface area contributed by atoms with Crippen LogP contribution in [-0.4, -0.2) is 29.5 Å². The third kappa shape index (κ3) is 6.76. The Morgan fingerprint density at radius 2 is 1.63 bits per heavy atom. The van der Waals surface area contributed by atoms with E-state index in [-0.39, 0.29) is 18.5 Å². The van der Waals surface area contributed by atoms with Crippen molar-refractivity contribution in [2.24, 2.45) is 5.29 Å². The summed E-state index contributed by atoms with van der Waals surface area (Å²) in [7, 11) is 0. The lowest BCUT2D eigenvalue weighted by molar-refractivity contribution is 0.195. The van der Waals surface area contributed by atoms with Crippen molar-refractivity contribution in [3.8, 4) is 0 Å². The molecule has 19 heavy (non-hydrogen) atoms. The third-order valence-electron chi connectivity index (χ3n) is 3.56. The highest BCUT2D eigenvalue weighted by atomic mass is 35.5. The van der Waals surface area contributed by atoms with Gasteiger partial charge in [0.05, 0.1) is 11.8 Å². The molecule has 0 aliphatic heterocycles. The number of hydrogen-bond acceptors (Lipinski definition) is 3. The van der Waals surface area contributed by atoms with Crippen LogP contribution in [0.15, 0.2) is 5.29 Å². The summed E-state index contributed by atoms with van der Waals surface area (Å²) in [6.45, 7) is 0.156. The van der Waals surface area contributed by atoms with E-state index in [1.807, 2.05) is 0 Å². The maximum absolute atomic E-state index is 11.8. The molecule has 0 saturated heterocycles. The minimum absolute atomic E-state index is 0.156. The van der Waals surface area contributed by atoms with Crippen molar-refractivity contribution >= 4 is 17.6 Å². The quantitative estimate of drug-likeness (QED) is 0.486. The average Bonchev–Trinajstić information content (AvgIpc) is 2.43. The van der Waals surface area contributed by atoms with Crippen molar-refractivity contribution < 1.29 is 4.79 Å². The first-order valence-corrected chi connectivity index (χ1v) is 7.78. The third-order valence-corrected chi connectivity index (χ3v) is 3.73. The highest BCUT2D eigenvalue weighted by Gasteiger charge is 2.18. The van der Waals surface area contributed by atoms with E-state index >= 15 is 0 Å². The van der Waals surface area contributed by atoms with E-state index in [0.29, 0.717) is 0 Å². The molecule has 0 spiro atoms. The monoisotopic (exact) mass is 289 g/mol. The number of alkyl halides is 1. The summed E-state index contributed by atoms with van der Waals surface area (Å²) >= 11 is 5.53. The predicted octanol–water partition coefficient (Wildman–Crippen LogP) is 3.81. The number of halogens is 1. The molecule has 2 amide bonds. The van der Waals surface area contributed by atoms with Gasteiger partial charge < -0.3 is 5.32 Å². The Balaban J connectivity index is 2.41. The van der Waals surface area contributed by atoms with Crippen molar-refractivity contribution in [2.45, 2.75) is 63.8 Å². The van der Waals surface area contributed by atoms with Gasteiger partial charge in [0.15, 0.2) is 0 Å². The molecule has 1 fully saturated rings. The Morgan fingerprint density at radius 3 is 2.11 bits per heavy atom. The van der Waals surface area contributed by atoms with Crippen molar-refractivity contribution in [3.05, 3.63) is 4.91 Å². The van der Waals surface area contributed by atoms with Gasteiger partial charge in [-0.3, -0.25) is 0 Å². The van der Waals surface area contributed by atoms with Crippen molar-refractivity contribution in [1.29, 1.82) is 0 Å². The zero-order valence-electron chi connectivity index (χ0n) is 11.4. The zero-order chi connectivity index (χ0) is 13.9. The van der Waals surface area contributed by atoms with Crippen molar-refractivity contribution in [3.63, 3.8) is 0 Å². The fourth-order valence-corrected chi connectivity index (χ4v) is 2.62. The van der Waals surface area contributed by atoms with E-state index in [1.54, 1.807) is 0 Å². The SMILES string of the molecule is O=NN(CCCl)C(=O)NC1CCCCCCCCC1. The fourth-order valence-electron chi connectivity index (χ4n) is 2.46. The maximum Gasteiger partial charge on any atom is 0.340 e. The normalized spacial score (nSPS) is 18.6. The molecule has 0 unspecified atom stereocenters. The number of nitrogens with zero attached hydrogens (tertiary/aromatic N) is 2. The Morgan fingerprint density at radius 1 is 1.11 bits per heavy atom. The highest BCUT2D eigenvalue weighted by Crippen LogP contribution is 2.17. The molecule has 0 atom stereocenters. The van der Waals surface area contributed by atoms with Crippen LogP contribution in [0.2, 0.25) is 0 Å². The van der Waals surface area contributed by atoms with E-state index < -0.39 is 6.03 Å². The number of amides is 2. The Labute approximate surface area is 120 Å². The summed E-state index contributed by atoms with van der Waals surface area (Å²) in [4.78, 5) is 22.4. The number of carbonyl (C=O) groups excluding carboxylic acids is 1. The lowest BCUT2D eigenvalue weighted by atomic mass is 9.97. The van der Waals surface area contributed by atoms with Crippen LogP contribution in [-0.2, 0) is 0 Å². The summed E-state index contributed by atoms with van der Waals surface area (Å²) in [6.07, 6.45) is 10.6. The first kappa shape index (κ1) is 16.2. The van der Waals surface area contributed by atoms with Gasteiger partial charge in [-0.15, -0.1) is 16.5 Å². The Kier molecular flexibility index (Phi) is 8.54. The number of rotatable bonds is 4. The van der Waals surface area contributed by atoms with E-state index in [4.69, 9.17) is 11.6 Å². The molecule has 110 valence electrons. The van der Waals surface area contributed by atoms with Crippen LogP contribution in [0.4, 0.5) is 4.79 Å². The molecular formula is C13H24ClN3O2. The topological polar surface area (TPSA) is 61.8 Å². The van der Waals surface area contributed by atoms with Gasteiger partial charge in [0.25, 0.3) is 0 Å². The molecule has 1 N–H and O–H groups in total. The highest BCUT2D eigenvalue weighted by molar-refractivity contribution is 6.18.